The van der Waals surface area contributed by atoms with Crippen molar-refractivity contribution in [3.8, 4) is 11.1 Å². The van der Waals surface area contributed by atoms with E-state index in [0.29, 0.717) is 30.1 Å². The molecule has 4 fully saturated rings. The molecule has 0 radical (unpaired) electrons. The number of carbonyl (C=O) groups excluding carboxylic acids is 4. The second-order valence-electron chi connectivity index (χ2n) is 34.4. The molecule has 4 aliphatic rings. The summed E-state index contributed by atoms with van der Waals surface area (Å²) in [7, 11) is 4.25. The van der Waals surface area contributed by atoms with Gasteiger partial charge in [-0.05, 0) is 197 Å². The lowest BCUT2D eigenvalue weighted by Crippen LogP contribution is -2.29. The van der Waals surface area contributed by atoms with Gasteiger partial charge in [-0.1, -0.05) is 347 Å². The van der Waals surface area contributed by atoms with Crippen LogP contribution in [0.25, 0.3) is 21.9 Å². The van der Waals surface area contributed by atoms with Crippen LogP contribution in [-0.4, -0.2) is 58.0 Å². The molecular weight excluding hydrogens is 1370 g/mol. The lowest BCUT2D eigenvalue weighted by Gasteiger charge is -2.20. The van der Waals surface area contributed by atoms with Crippen LogP contribution >= 0.6 is 0 Å². The molecule has 4 saturated carbocycles. The van der Waals surface area contributed by atoms with E-state index in [0.717, 1.165) is 19.3 Å². The van der Waals surface area contributed by atoms with Crippen molar-refractivity contribution in [2.45, 2.75) is 349 Å². The fourth-order valence-corrected chi connectivity index (χ4v) is 8.46. The Bertz CT molecular complexity index is 3190. The quantitative estimate of drug-likeness (QED) is 0.0619. The number of halogens is 3. The van der Waals surface area contributed by atoms with Gasteiger partial charge in [-0.25, -0.2) is 0 Å². The van der Waals surface area contributed by atoms with Crippen LogP contribution in [0.4, 0.5) is 13.2 Å². The summed E-state index contributed by atoms with van der Waals surface area (Å²) in [5.41, 5.74) is 10.0. The van der Waals surface area contributed by atoms with E-state index in [4.69, 9.17) is 0 Å². The molecule has 110 heavy (non-hydrogen) atoms. The number of benzene rings is 6. The van der Waals surface area contributed by atoms with Crippen molar-refractivity contribution < 1.29 is 51.3 Å². The monoisotopic (exact) mass is 1530 g/mol. The van der Waals surface area contributed by atoms with Gasteiger partial charge < -0.3 is 18.9 Å². The minimum atomic E-state index is -4.44. The van der Waals surface area contributed by atoms with Crippen molar-refractivity contribution in [3.05, 3.63) is 179 Å². The van der Waals surface area contributed by atoms with Crippen LogP contribution in [0.15, 0.2) is 146 Å². The number of rotatable bonds is 18. The van der Waals surface area contributed by atoms with Gasteiger partial charge in [-0.2, -0.15) is 13.2 Å². The minimum absolute atomic E-state index is 0.134. The third-order valence-corrected chi connectivity index (χ3v) is 20.2. The van der Waals surface area contributed by atoms with Gasteiger partial charge in [0.25, 0.3) is 0 Å². The molecule has 0 aromatic heterocycles. The Labute approximate surface area is 671 Å². The molecule has 0 amide bonds. The molecular formula is C99H157F3O8. The number of hydrogen-bond acceptors (Lipinski definition) is 8. The molecule has 0 bridgehead atoms. The first-order chi connectivity index (χ1) is 51.3. The summed E-state index contributed by atoms with van der Waals surface area (Å²) in [5, 5.41) is 2.69. The Morgan fingerprint density at radius 1 is 0.318 bits per heavy atom. The van der Waals surface area contributed by atoms with Crippen molar-refractivity contribution >= 4 is 34.6 Å². The molecule has 4 aliphatic carbocycles. The molecule has 0 aliphatic heterocycles. The van der Waals surface area contributed by atoms with Crippen molar-refractivity contribution in [2.24, 2.45) is 21.7 Å². The Hall–Kier alpha value is -6.75. The number of fused-ring (bicyclic) bond motifs is 1. The number of carbonyl (C=O) groups is 4. The van der Waals surface area contributed by atoms with E-state index in [-0.39, 0.29) is 45.0 Å². The maximum Gasteiger partial charge on any atom is 0.422 e. The predicted octanol–water partition coefficient (Wildman–Crippen LogP) is 30.2. The summed E-state index contributed by atoms with van der Waals surface area (Å²) >= 11 is 0. The zero-order valence-electron chi connectivity index (χ0n) is 74.9. The fraction of sp³-hybridized carbons (Fsp3) is 0.616. The highest BCUT2D eigenvalue weighted by molar-refractivity contribution is 5.83. The largest absolute Gasteiger partial charge is 0.469 e. The van der Waals surface area contributed by atoms with E-state index < -0.39 is 24.2 Å². The van der Waals surface area contributed by atoms with E-state index in [1.165, 1.54) is 179 Å². The standard InChI is InChI=1S/C16H18.C14H16.2C14H22.C8H13F3O2.3C7H14O2.4C3H6/c1-3-13(2)14-9-11-16(12-10-14)15-7-5-4-6-8-15;1-3-11(2)13-9-8-12-6-4-5-7-14(12)10-13;2*1-6-11(2)12-7-9-13(10-8-12)14(3,4)5;1-4-7(2,3)6(12)13-5-8(9,10)11;3*1-5-7(2,3)6(8)9-4;4*1-2-3-1/h4-13H,3H2,1-2H3;4-11H,3H2,1-2H3;2*7-11H,6H2,1-5H3;4-5H2,1-3H3;3*5H2,1-4H3;4*1-3H2. The van der Waals surface area contributed by atoms with Crippen LogP contribution in [0.1, 0.15) is 365 Å². The summed E-state index contributed by atoms with van der Waals surface area (Å²) in [4.78, 5) is 43.5. The summed E-state index contributed by atoms with van der Waals surface area (Å²) < 4.78 is 52.7. The Kier molecular flexibility index (Phi) is 52.5. The molecule has 8 nitrogen and oxygen atoms in total. The minimum Gasteiger partial charge on any atom is -0.469 e. The van der Waals surface area contributed by atoms with Crippen molar-refractivity contribution in [3.63, 3.8) is 0 Å². The first-order valence-electron chi connectivity index (χ1n) is 41.7. The average Bonchev–Trinajstić information content (AvgIpc) is 1.77. The lowest BCUT2D eigenvalue weighted by atomic mass is 9.85. The average molecular weight is 1530 g/mol. The predicted molar refractivity (Wildman–Crippen MR) is 466 cm³/mol. The van der Waals surface area contributed by atoms with Crippen LogP contribution in [0.5, 0.6) is 0 Å². The topological polar surface area (TPSA) is 105 Å². The second-order valence-corrected chi connectivity index (χ2v) is 34.4. The second kappa shape index (κ2) is 54.8. The first-order valence-corrected chi connectivity index (χ1v) is 41.7. The highest BCUT2D eigenvalue weighted by atomic mass is 19.4. The summed E-state index contributed by atoms with van der Waals surface area (Å²) in [6.07, 6.45) is 21.3. The molecule has 4 atom stereocenters. The molecule has 622 valence electrons. The van der Waals surface area contributed by atoms with Crippen LogP contribution in [0.3, 0.4) is 0 Å². The molecule has 0 N–H and O–H groups in total. The normalized spacial score (nSPS) is 13.9. The number of methoxy groups -OCH3 is 3. The van der Waals surface area contributed by atoms with Gasteiger partial charge in [0.15, 0.2) is 6.61 Å². The van der Waals surface area contributed by atoms with E-state index in [1.54, 1.807) is 20.8 Å². The van der Waals surface area contributed by atoms with Crippen LogP contribution < -0.4 is 0 Å². The lowest BCUT2D eigenvalue weighted by molar-refractivity contribution is -0.192. The first kappa shape index (κ1) is 105. The van der Waals surface area contributed by atoms with Gasteiger partial charge >= 0.3 is 30.1 Å². The van der Waals surface area contributed by atoms with E-state index in [2.05, 4.69) is 261 Å². The van der Waals surface area contributed by atoms with Gasteiger partial charge in [0.2, 0.25) is 0 Å². The SMILES string of the molecule is C1CC1.C1CC1.C1CC1.C1CC1.CCC(C)(C)C(=O)OC.CCC(C)(C)C(=O)OC.CCC(C)(C)C(=O)OC.CCC(C)(C)C(=O)OCC(F)(F)F.CCC(C)c1ccc(-c2ccccc2)cc1.CCC(C)c1ccc(C(C)(C)C)cc1.CCC(C)c1ccc(C(C)(C)C)cc1.CCC(C)c1ccc2ccccc2c1. The molecule has 0 spiro atoms. The van der Waals surface area contributed by atoms with E-state index in [1.807, 2.05) is 62.3 Å². The van der Waals surface area contributed by atoms with Gasteiger partial charge in [0.05, 0.1) is 43.0 Å². The molecule has 0 heterocycles. The Morgan fingerprint density at radius 2 is 0.564 bits per heavy atom. The van der Waals surface area contributed by atoms with Crippen molar-refractivity contribution in [1.82, 2.24) is 0 Å². The Balaban J connectivity index is 0. The maximum absolute atomic E-state index is 11.6. The molecule has 4 unspecified atom stereocenters. The van der Waals surface area contributed by atoms with Crippen molar-refractivity contribution in [2.75, 3.05) is 27.9 Å². The third-order valence-electron chi connectivity index (χ3n) is 20.2. The molecule has 0 saturated heterocycles. The third kappa shape index (κ3) is 49.6. The number of alkyl halides is 3. The zero-order valence-corrected chi connectivity index (χ0v) is 74.9. The molecule has 6 aromatic carbocycles. The van der Waals surface area contributed by atoms with Gasteiger partial charge in [0, 0.05) is 0 Å². The summed E-state index contributed by atoms with van der Waals surface area (Å²) in [6, 6.07) is 52.9. The summed E-state index contributed by atoms with van der Waals surface area (Å²) in [6.45, 7) is 52.1. The summed E-state index contributed by atoms with van der Waals surface area (Å²) in [5.74, 6) is 1.48. The zero-order chi connectivity index (χ0) is 84.5. The van der Waals surface area contributed by atoms with Crippen LogP contribution in [0, 0.1) is 21.7 Å². The molecule has 10 rings (SSSR count). The van der Waals surface area contributed by atoms with Gasteiger partial charge in [0.1, 0.15) is 0 Å². The van der Waals surface area contributed by atoms with Crippen molar-refractivity contribution in [1.29, 1.82) is 0 Å². The van der Waals surface area contributed by atoms with Crippen LogP contribution in [-0.2, 0) is 49.0 Å². The smallest absolute Gasteiger partial charge is 0.422 e. The van der Waals surface area contributed by atoms with E-state index >= 15 is 0 Å². The fourth-order valence-electron chi connectivity index (χ4n) is 8.46. The highest BCUT2D eigenvalue weighted by Gasteiger charge is 2.34. The highest BCUT2D eigenvalue weighted by Crippen LogP contribution is 2.31. The van der Waals surface area contributed by atoms with Crippen LogP contribution in [0.2, 0.25) is 0 Å². The maximum atomic E-state index is 11.6. The van der Waals surface area contributed by atoms with Gasteiger partial charge in [-0.15, -0.1) is 0 Å². The molecule has 6 aromatic rings. The molecule has 11 heteroatoms. The number of hydrogen-bond donors (Lipinski definition) is 0. The van der Waals surface area contributed by atoms with E-state index in [9.17, 15) is 32.3 Å². The van der Waals surface area contributed by atoms with Gasteiger partial charge in [-0.3, -0.25) is 19.2 Å². The number of ether oxygens (including phenoxy) is 4. The Morgan fingerprint density at radius 3 is 0.809 bits per heavy atom. The number of esters is 4.